The summed E-state index contributed by atoms with van der Waals surface area (Å²) in [6.45, 7) is 0. The maximum absolute atomic E-state index is 12.9. The summed E-state index contributed by atoms with van der Waals surface area (Å²) in [5.74, 6) is 0.481. The van der Waals surface area contributed by atoms with Gasteiger partial charge in [0.05, 0.1) is 16.5 Å². The predicted molar refractivity (Wildman–Crippen MR) is 119 cm³/mol. The maximum Gasteiger partial charge on any atom is 0.224 e. The number of nitrogens with zero attached hydrogens (tertiary/aromatic N) is 4. The van der Waals surface area contributed by atoms with Crippen LogP contribution in [0.1, 0.15) is 0 Å². The molecule has 3 heterocycles. The molecule has 5 rings (SSSR count). The number of aromatic nitrogens is 4. The van der Waals surface area contributed by atoms with Crippen molar-refractivity contribution in [3.8, 4) is 0 Å². The normalized spacial score (nSPS) is 11.7. The molecule has 0 aliphatic carbocycles. The highest BCUT2D eigenvalue weighted by Gasteiger charge is 2.22. The molecule has 10 nitrogen and oxygen atoms in total. The van der Waals surface area contributed by atoms with E-state index in [9.17, 15) is 13.3 Å². The summed E-state index contributed by atoms with van der Waals surface area (Å²) in [7, 11) is -3.80. The van der Waals surface area contributed by atoms with Gasteiger partial charge in [0.25, 0.3) is 0 Å². The number of nitrogens with one attached hydrogen (secondary N) is 2. The second kappa shape index (κ2) is 7.11. The second-order valence-electron chi connectivity index (χ2n) is 6.52. The van der Waals surface area contributed by atoms with Crippen molar-refractivity contribution in [3.05, 3.63) is 59.6 Å². The zero-order valence-electron chi connectivity index (χ0n) is 15.6. The molecular formula is C19H13N7O3S2. The average molecular weight is 451 g/mol. The van der Waals surface area contributed by atoms with Gasteiger partial charge in [-0.05, 0) is 35.5 Å². The van der Waals surface area contributed by atoms with Crippen molar-refractivity contribution in [2.45, 2.75) is 9.10 Å². The third kappa shape index (κ3) is 3.27. The van der Waals surface area contributed by atoms with Gasteiger partial charge < -0.3 is 16.0 Å². The van der Waals surface area contributed by atoms with E-state index >= 15 is 0 Å². The van der Waals surface area contributed by atoms with Crippen LogP contribution in [-0.2, 0) is 9.84 Å². The number of nitrogens with two attached hydrogens (primary N) is 1. The first-order valence-electron chi connectivity index (χ1n) is 8.91. The fraction of sp³-hybridized carbons (Fsp3) is 0. The van der Waals surface area contributed by atoms with E-state index in [1.165, 1.54) is 30.5 Å². The number of hydrogen-bond donors (Lipinski definition) is 3. The summed E-state index contributed by atoms with van der Waals surface area (Å²) in [6.07, 6.45) is 1.27. The van der Waals surface area contributed by atoms with Crippen LogP contribution < -0.4 is 11.1 Å². The van der Waals surface area contributed by atoms with E-state index in [2.05, 4.69) is 30.4 Å². The van der Waals surface area contributed by atoms with Gasteiger partial charge in [0, 0.05) is 10.9 Å². The van der Waals surface area contributed by atoms with Gasteiger partial charge >= 0.3 is 0 Å². The van der Waals surface area contributed by atoms with E-state index in [0.29, 0.717) is 16.6 Å². The minimum Gasteiger partial charge on any atom is -0.368 e. The Hall–Kier alpha value is -3.90. The Kier molecular flexibility index (Phi) is 4.38. The average Bonchev–Trinajstić information content (AvgIpc) is 3.38. The van der Waals surface area contributed by atoms with E-state index in [0.717, 1.165) is 27.6 Å². The number of para-hydroxylation sites is 1. The van der Waals surface area contributed by atoms with Gasteiger partial charge in [-0.25, -0.2) is 13.4 Å². The highest BCUT2D eigenvalue weighted by molar-refractivity contribution is 7.93. The minimum atomic E-state index is -3.80. The molecule has 31 heavy (non-hydrogen) atoms. The Morgan fingerprint density at radius 1 is 1.06 bits per heavy atom. The lowest BCUT2D eigenvalue weighted by molar-refractivity contribution is 0.598. The predicted octanol–water partition coefficient (Wildman–Crippen LogP) is 4.12. The van der Waals surface area contributed by atoms with Gasteiger partial charge in [0.2, 0.25) is 15.8 Å². The fourth-order valence-electron chi connectivity index (χ4n) is 3.20. The first kappa shape index (κ1) is 19.1. The molecule has 0 atom stereocenters. The van der Waals surface area contributed by atoms with Crippen molar-refractivity contribution >= 4 is 65.7 Å². The number of sulfone groups is 1. The van der Waals surface area contributed by atoms with Crippen molar-refractivity contribution in [2.24, 2.45) is 5.18 Å². The Bertz CT molecular complexity index is 1560. The van der Waals surface area contributed by atoms with Gasteiger partial charge in [-0.3, -0.25) is 0 Å². The van der Waals surface area contributed by atoms with Crippen molar-refractivity contribution in [2.75, 3.05) is 11.1 Å². The van der Waals surface area contributed by atoms with Gasteiger partial charge in [-0.1, -0.05) is 29.5 Å². The zero-order valence-corrected chi connectivity index (χ0v) is 17.2. The number of aromatic amines is 1. The number of benzene rings is 2. The smallest absolute Gasteiger partial charge is 0.224 e. The third-order valence-electron chi connectivity index (χ3n) is 4.60. The Labute approximate surface area is 179 Å². The molecule has 0 radical (unpaired) electrons. The number of rotatable bonds is 5. The first-order chi connectivity index (χ1) is 15.0. The van der Waals surface area contributed by atoms with Crippen LogP contribution in [0, 0.1) is 4.91 Å². The molecule has 3 aromatic heterocycles. The van der Waals surface area contributed by atoms with Crippen molar-refractivity contribution in [1.82, 2.24) is 19.9 Å². The van der Waals surface area contributed by atoms with Crippen LogP contribution in [0.15, 0.2) is 69.0 Å². The minimum absolute atomic E-state index is 0.0408. The fourth-order valence-corrected chi connectivity index (χ4v) is 5.63. The number of anilines is 3. The molecule has 12 heteroatoms. The van der Waals surface area contributed by atoms with Crippen molar-refractivity contribution in [1.29, 1.82) is 0 Å². The molecule has 0 saturated heterocycles. The first-order valence-corrected chi connectivity index (χ1v) is 11.2. The van der Waals surface area contributed by atoms with Gasteiger partial charge in [0.15, 0.2) is 5.13 Å². The summed E-state index contributed by atoms with van der Waals surface area (Å²) in [5, 5.41) is 7.79. The van der Waals surface area contributed by atoms with E-state index in [-0.39, 0.29) is 20.7 Å². The molecule has 0 spiro atoms. The molecule has 0 saturated carbocycles. The summed E-state index contributed by atoms with van der Waals surface area (Å²) in [5.41, 5.74) is 7.43. The number of fused-ring (bicyclic) bond motifs is 3. The van der Waals surface area contributed by atoms with Crippen LogP contribution in [0.5, 0.6) is 0 Å². The number of nitrogen functional groups attached to an aromatic ring is 1. The highest BCUT2D eigenvalue weighted by Crippen LogP contribution is 2.34. The van der Waals surface area contributed by atoms with Crippen LogP contribution in [0.3, 0.4) is 0 Å². The molecule has 4 N–H and O–H groups in total. The zero-order chi connectivity index (χ0) is 21.6. The standard InChI is InChI=1S/C19H13N7O3S2/c20-18-23-16-15(12-3-1-2-4-13(12)22-16)17(24-18)25-19-21-9-14(30-19)31(28,29)11-7-5-10(26-27)6-8-11/h1-9H,(H4,20,21,22,23,24,25). The van der Waals surface area contributed by atoms with Crippen LogP contribution >= 0.6 is 11.3 Å². The molecule has 0 aliphatic heterocycles. The molecule has 5 aromatic rings. The number of nitroso groups, excluding NO2 is 1. The Balaban J connectivity index is 1.54. The third-order valence-corrected chi connectivity index (χ3v) is 7.75. The molecule has 0 amide bonds. The van der Waals surface area contributed by atoms with Crippen LogP contribution in [0.2, 0.25) is 0 Å². The molecule has 0 unspecified atom stereocenters. The van der Waals surface area contributed by atoms with Gasteiger partial charge in [0.1, 0.15) is 21.4 Å². The monoisotopic (exact) mass is 451 g/mol. The summed E-state index contributed by atoms with van der Waals surface area (Å²) >= 11 is 0.955. The van der Waals surface area contributed by atoms with Crippen molar-refractivity contribution < 1.29 is 8.42 Å². The Morgan fingerprint density at radius 3 is 2.61 bits per heavy atom. The molecule has 0 bridgehead atoms. The second-order valence-corrected chi connectivity index (χ2v) is 9.73. The SMILES string of the molecule is Nc1nc(Nc2ncc(S(=O)(=O)c3ccc(N=O)cc3)s2)c2c(n1)[nH]c1ccccc12. The van der Waals surface area contributed by atoms with Gasteiger partial charge in [-0.15, -0.1) is 4.91 Å². The maximum atomic E-state index is 12.9. The van der Waals surface area contributed by atoms with Crippen LogP contribution in [0.25, 0.3) is 21.9 Å². The van der Waals surface area contributed by atoms with Crippen molar-refractivity contribution in [3.63, 3.8) is 0 Å². The van der Waals surface area contributed by atoms with E-state index in [4.69, 9.17) is 5.73 Å². The molecule has 0 aliphatic rings. The number of H-pyrrole nitrogens is 1. The topological polar surface area (TPSA) is 156 Å². The summed E-state index contributed by atoms with van der Waals surface area (Å²) in [4.78, 5) is 26.5. The lowest BCUT2D eigenvalue weighted by atomic mass is 10.2. The van der Waals surface area contributed by atoms with E-state index < -0.39 is 9.84 Å². The summed E-state index contributed by atoms with van der Waals surface area (Å²) in [6, 6.07) is 13.0. The molecule has 0 fully saturated rings. The highest BCUT2D eigenvalue weighted by atomic mass is 32.2. The molecular weight excluding hydrogens is 438 g/mol. The van der Waals surface area contributed by atoms with Gasteiger partial charge in [-0.2, -0.15) is 9.97 Å². The Morgan fingerprint density at radius 2 is 1.84 bits per heavy atom. The number of thiazole rings is 1. The quantitative estimate of drug-likeness (QED) is 0.337. The molecule has 2 aromatic carbocycles. The van der Waals surface area contributed by atoms with Crippen LogP contribution in [0.4, 0.5) is 22.6 Å². The summed E-state index contributed by atoms with van der Waals surface area (Å²) < 4.78 is 25.8. The largest absolute Gasteiger partial charge is 0.368 e. The van der Waals surface area contributed by atoms with E-state index in [1.54, 1.807) is 0 Å². The molecule has 154 valence electrons. The number of hydrogen-bond acceptors (Lipinski definition) is 10. The van der Waals surface area contributed by atoms with E-state index in [1.807, 2.05) is 24.3 Å². The van der Waals surface area contributed by atoms with Crippen LogP contribution in [-0.4, -0.2) is 28.4 Å². The lowest BCUT2D eigenvalue weighted by Gasteiger charge is -2.05. The lowest BCUT2D eigenvalue weighted by Crippen LogP contribution is -2.00.